The molecule has 0 bridgehead atoms. The molecule has 0 N–H and O–H groups in total. The normalized spacial score (nSPS) is 12.7. The Morgan fingerprint density at radius 2 is 0.667 bits per heavy atom. The molecule has 0 heterocycles. The summed E-state index contributed by atoms with van der Waals surface area (Å²) in [5, 5.41) is 0. The molecular formula is C2Cl6Na. The maximum absolute atomic E-state index is 5.14. The first-order chi connectivity index (χ1) is 3.25. The van der Waals surface area contributed by atoms with Crippen molar-refractivity contribution >= 4 is 99.2 Å². The zero-order chi connectivity index (χ0) is 7.00. The summed E-state index contributed by atoms with van der Waals surface area (Å²) in [6.07, 6.45) is 0. The predicted octanol–water partition coefficient (Wildman–Crippen LogP) is 3.35. The molecule has 0 spiro atoms. The van der Waals surface area contributed by atoms with Gasteiger partial charge in [-0.1, -0.05) is 69.6 Å². The van der Waals surface area contributed by atoms with Gasteiger partial charge >= 0.3 is 0 Å². The fourth-order valence-corrected chi connectivity index (χ4v) is 0. The van der Waals surface area contributed by atoms with Crippen LogP contribution in [0.4, 0.5) is 0 Å². The van der Waals surface area contributed by atoms with Crippen LogP contribution in [-0.2, 0) is 0 Å². The Hall–Kier alpha value is 2.74. The van der Waals surface area contributed by atoms with Crippen LogP contribution in [0.15, 0.2) is 0 Å². The van der Waals surface area contributed by atoms with Gasteiger partial charge in [0.1, 0.15) is 0 Å². The second kappa shape index (κ2) is 4.69. The van der Waals surface area contributed by atoms with Gasteiger partial charge in [0, 0.05) is 29.6 Å². The van der Waals surface area contributed by atoms with Crippen molar-refractivity contribution in [3.05, 3.63) is 0 Å². The first-order valence-electron chi connectivity index (χ1n) is 1.38. The molecule has 0 aliphatic carbocycles. The summed E-state index contributed by atoms with van der Waals surface area (Å²) >= 11 is 30.9. The van der Waals surface area contributed by atoms with Gasteiger partial charge in [-0.15, -0.1) is 0 Å². The third-order valence-electron chi connectivity index (χ3n) is 0.321. The summed E-state index contributed by atoms with van der Waals surface area (Å²) < 4.78 is -3.70. The van der Waals surface area contributed by atoms with Gasteiger partial charge in [0.2, 0.25) is 7.59 Å². The van der Waals surface area contributed by atoms with Crippen LogP contribution >= 0.6 is 69.6 Å². The Bertz CT molecular complexity index is 66.0. The van der Waals surface area contributed by atoms with Crippen molar-refractivity contribution in [2.45, 2.75) is 7.59 Å². The summed E-state index contributed by atoms with van der Waals surface area (Å²) in [5.41, 5.74) is 0. The molecule has 0 aliphatic rings. The number of rotatable bonds is 0. The number of hydrogen-bond donors (Lipinski definition) is 0. The Labute approximate surface area is 105 Å². The van der Waals surface area contributed by atoms with Gasteiger partial charge < -0.3 is 0 Å². The van der Waals surface area contributed by atoms with Crippen LogP contribution in [0.1, 0.15) is 0 Å². The first-order valence-corrected chi connectivity index (χ1v) is 3.65. The molecule has 0 aliphatic heterocycles. The largest absolute Gasteiger partial charge is 0.236 e. The minimum atomic E-state index is -1.85. The van der Waals surface area contributed by atoms with Crippen LogP contribution in [0, 0.1) is 0 Å². The summed E-state index contributed by atoms with van der Waals surface area (Å²) in [7, 11) is 0. The summed E-state index contributed by atoms with van der Waals surface area (Å²) in [4.78, 5) is 0. The van der Waals surface area contributed by atoms with E-state index in [0.717, 1.165) is 0 Å². The molecule has 0 atom stereocenters. The van der Waals surface area contributed by atoms with Gasteiger partial charge in [0.05, 0.1) is 0 Å². The summed E-state index contributed by atoms with van der Waals surface area (Å²) in [5.74, 6) is 0. The van der Waals surface area contributed by atoms with Crippen molar-refractivity contribution in [2.75, 3.05) is 0 Å². The van der Waals surface area contributed by atoms with Crippen LogP contribution in [0.5, 0.6) is 0 Å². The van der Waals surface area contributed by atoms with Crippen molar-refractivity contribution in [3.63, 3.8) is 0 Å². The van der Waals surface area contributed by atoms with Crippen LogP contribution in [-0.4, -0.2) is 37.1 Å². The molecule has 51 valence electrons. The minimum absolute atomic E-state index is 0. The minimum Gasteiger partial charge on any atom is -0.0788 e. The van der Waals surface area contributed by atoms with E-state index in [4.69, 9.17) is 69.6 Å². The average molecular weight is 260 g/mol. The Morgan fingerprint density at radius 3 is 0.667 bits per heavy atom. The second-order valence-corrected chi connectivity index (χ2v) is 5.56. The molecule has 0 rings (SSSR count). The molecule has 0 fully saturated rings. The maximum atomic E-state index is 5.14. The van der Waals surface area contributed by atoms with E-state index in [9.17, 15) is 0 Å². The van der Waals surface area contributed by atoms with E-state index in [0.29, 0.717) is 0 Å². The van der Waals surface area contributed by atoms with E-state index in [-0.39, 0.29) is 29.6 Å². The van der Waals surface area contributed by atoms with Crippen molar-refractivity contribution in [2.24, 2.45) is 0 Å². The number of halogens is 6. The van der Waals surface area contributed by atoms with E-state index >= 15 is 0 Å². The predicted molar refractivity (Wildman–Crippen MR) is 46.3 cm³/mol. The van der Waals surface area contributed by atoms with Gasteiger partial charge in [-0.2, -0.15) is 0 Å². The summed E-state index contributed by atoms with van der Waals surface area (Å²) in [6, 6.07) is 0. The zero-order valence-corrected chi connectivity index (χ0v) is 10.8. The van der Waals surface area contributed by atoms with Crippen LogP contribution in [0.25, 0.3) is 0 Å². The Balaban J connectivity index is 0. The molecule has 7 heteroatoms. The smallest absolute Gasteiger partial charge is 0.0788 e. The van der Waals surface area contributed by atoms with Gasteiger partial charge in [-0.05, 0) is 0 Å². The van der Waals surface area contributed by atoms with Crippen molar-refractivity contribution < 1.29 is 0 Å². The molecular weight excluding hydrogens is 260 g/mol. The third kappa shape index (κ3) is 5.95. The van der Waals surface area contributed by atoms with Gasteiger partial charge in [-0.25, -0.2) is 0 Å². The number of alkyl halides is 6. The SMILES string of the molecule is ClC(Cl)(Cl)C(Cl)(Cl)Cl.[Na]. The monoisotopic (exact) mass is 257 g/mol. The van der Waals surface area contributed by atoms with E-state index in [2.05, 4.69) is 0 Å². The van der Waals surface area contributed by atoms with E-state index in [1.807, 2.05) is 0 Å². The molecule has 0 saturated heterocycles. The number of hydrogen-bond acceptors (Lipinski definition) is 0. The fraction of sp³-hybridized carbons (Fsp3) is 1.00. The van der Waals surface area contributed by atoms with Gasteiger partial charge in [0.15, 0.2) is 0 Å². The standard InChI is InChI=1S/C2Cl6.Na/c3-1(4,5)2(6,7)8;. The molecule has 0 nitrogen and oxygen atoms in total. The zero-order valence-electron chi connectivity index (χ0n) is 4.27. The van der Waals surface area contributed by atoms with Crippen molar-refractivity contribution in [3.8, 4) is 0 Å². The Kier molecular flexibility index (Phi) is 7.44. The van der Waals surface area contributed by atoms with Crippen LogP contribution in [0.2, 0.25) is 0 Å². The molecule has 0 saturated carbocycles. The molecule has 0 unspecified atom stereocenters. The second-order valence-electron chi connectivity index (χ2n) is 0.996. The molecule has 0 amide bonds. The first kappa shape index (κ1) is 14.3. The Morgan fingerprint density at radius 1 is 0.556 bits per heavy atom. The molecule has 1 radical (unpaired) electrons. The molecule has 9 heavy (non-hydrogen) atoms. The molecule has 0 aromatic carbocycles. The summed E-state index contributed by atoms with van der Waals surface area (Å²) in [6.45, 7) is 0. The topological polar surface area (TPSA) is 0 Å². The van der Waals surface area contributed by atoms with E-state index in [1.54, 1.807) is 0 Å². The molecule has 0 aromatic rings. The van der Waals surface area contributed by atoms with Gasteiger partial charge in [-0.3, -0.25) is 0 Å². The van der Waals surface area contributed by atoms with Crippen LogP contribution < -0.4 is 0 Å². The quantitative estimate of drug-likeness (QED) is 0.462. The molecule has 0 aromatic heterocycles. The van der Waals surface area contributed by atoms with Crippen molar-refractivity contribution in [1.29, 1.82) is 0 Å². The average Bonchev–Trinajstić information content (AvgIpc) is 1.25. The fourth-order valence-electron chi connectivity index (χ4n) is 0. The third-order valence-corrected chi connectivity index (χ3v) is 2.89. The van der Waals surface area contributed by atoms with E-state index < -0.39 is 7.59 Å². The maximum Gasteiger partial charge on any atom is 0.236 e. The van der Waals surface area contributed by atoms with Crippen molar-refractivity contribution in [1.82, 2.24) is 0 Å². The van der Waals surface area contributed by atoms with E-state index in [1.165, 1.54) is 0 Å². The van der Waals surface area contributed by atoms with Crippen LogP contribution in [0.3, 0.4) is 0 Å². The van der Waals surface area contributed by atoms with Gasteiger partial charge in [0.25, 0.3) is 0 Å².